The fourth-order valence-electron chi connectivity index (χ4n) is 4.31. The Morgan fingerprint density at radius 2 is 1.89 bits per heavy atom. The maximum absolute atomic E-state index is 12.2. The molecule has 1 heterocycles. The van der Waals surface area contributed by atoms with Crippen LogP contribution in [-0.2, 0) is 29.7 Å². The van der Waals surface area contributed by atoms with E-state index in [0.29, 0.717) is 12.2 Å². The highest BCUT2D eigenvalue weighted by molar-refractivity contribution is 5.74. The zero-order chi connectivity index (χ0) is 27.2. The molecule has 0 saturated heterocycles. The van der Waals surface area contributed by atoms with Gasteiger partial charge in [-0.2, -0.15) is 0 Å². The van der Waals surface area contributed by atoms with Crippen LogP contribution in [0.4, 0.5) is 0 Å². The number of para-hydroxylation sites is 1. The van der Waals surface area contributed by atoms with Gasteiger partial charge < -0.3 is 14.6 Å². The topological polar surface area (TPSA) is 89.7 Å². The van der Waals surface area contributed by atoms with Crippen LogP contribution in [0.5, 0.6) is 5.75 Å². The Morgan fingerprint density at radius 1 is 1.16 bits per heavy atom. The predicted octanol–water partition coefficient (Wildman–Crippen LogP) is 5.09. The summed E-state index contributed by atoms with van der Waals surface area (Å²) < 4.78 is 14.1. The molecule has 3 aromatic rings. The van der Waals surface area contributed by atoms with Crippen LogP contribution in [0.3, 0.4) is 0 Å². The SMILES string of the molecule is CC[C@H](CN(C)Cc1cc([C@@H](OCc2cn(C)nn2)C(C)(C)C(=O)O)ccc1C)Oc1ccccc1C. The van der Waals surface area contributed by atoms with Gasteiger partial charge in [0.15, 0.2) is 0 Å². The smallest absolute Gasteiger partial charge is 0.312 e. The number of ether oxygens (including phenoxy) is 2. The van der Waals surface area contributed by atoms with Gasteiger partial charge in [0.1, 0.15) is 17.5 Å². The maximum atomic E-state index is 12.2. The van der Waals surface area contributed by atoms with Crippen molar-refractivity contribution in [2.24, 2.45) is 12.5 Å². The van der Waals surface area contributed by atoms with E-state index in [1.807, 2.05) is 30.3 Å². The molecule has 1 N–H and O–H groups in total. The second kappa shape index (κ2) is 12.3. The highest BCUT2D eigenvalue weighted by Gasteiger charge is 2.39. The number of benzene rings is 2. The molecule has 3 rings (SSSR count). The predicted molar refractivity (Wildman–Crippen MR) is 143 cm³/mol. The van der Waals surface area contributed by atoms with Crippen molar-refractivity contribution in [1.82, 2.24) is 19.9 Å². The van der Waals surface area contributed by atoms with Gasteiger partial charge in [-0.25, -0.2) is 0 Å². The van der Waals surface area contributed by atoms with E-state index in [1.54, 1.807) is 31.8 Å². The minimum Gasteiger partial charge on any atom is -0.489 e. The summed E-state index contributed by atoms with van der Waals surface area (Å²) in [5, 5.41) is 18.0. The molecule has 8 heteroatoms. The van der Waals surface area contributed by atoms with Gasteiger partial charge in [-0.05, 0) is 69.5 Å². The number of aliphatic carboxylic acids is 1. The van der Waals surface area contributed by atoms with Crippen molar-refractivity contribution in [3.8, 4) is 5.75 Å². The molecular formula is C29H40N4O4. The standard InChI is InChI=1S/C29H40N4O4/c1-8-25(37-26-12-10-9-11-21(26)3)18-32(6)16-23-15-22(14-13-20(23)2)27(29(4,5)28(34)35)36-19-24-17-33(7)31-30-24/h9-15,17,25,27H,8,16,18-19H2,1-7H3,(H,34,35)/t25-,27-/m1/s1. The molecular weight excluding hydrogens is 468 g/mol. The first-order chi connectivity index (χ1) is 17.5. The highest BCUT2D eigenvalue weighted by atomic mass is 16.5. The molecule has 0 unspecified atom stereocenters. The summed E-state index contributed by atoms with van der Waals surface area (Å²) in [6.07, 6.45) is 2.06. The molecule has 0 fully saturated rings. The van der Waals surface area contributed by atoms with Gasteiger partial charge in [-0.15, -0.1) is 5.10 Å². The van der Waals surface area contributed by atoms with Gasteiger partial charge in [-0.3, -0.25) is 14.4 Å². The Labute approximate surface area is 220 Å². The molecule has 8 nitrogen and oxygen atoms in total. The number of carboxylic acids is 1. The molecule has 0 aliphatic rings. The zero-order valence-electron chi connectivity index (χ0n) is 23.1. The van der Waals surface area contributed by atoms with Gasteiger partial charge in [0, 0.05) is 20.1 Å². The molecule has 0 spiro atoms. The average molecular weight is 509 g/mol. The van der Waals surface area contributed by atoms with Crippen LogP contribution < -0.4 is 4.74 Å². The molecule has 0 aliphatic heterocycles. The Morgan fingerprint density at radius 3 is 2.51 bits per heavy atom. The molecule has 1 aromatic heterocycles. The summed E-state index contributed by atoms with van der Waals surface area (Å²) in [6.45, 7) is 11.3. The third kappa shape index (κ3) is 7.40. The zero-order valence-corrected chi connectivity index (χ0v) is 23.1. The van der Waals surface area contributed by atoms with Crippen molar-refractivity contribution in [2.75, 3.05) is 13.6 Å². The Hall–Kier alpha value is -3.23. The first-order valence-electron chi connectivity index (χ1n) is 12.7. The van der Waals surface area contributed by atoms with Crippen molar-refractivity contribution in [3.05, 3.63) is 76.6 Å². The molecule has 2 aromatic carbocycles. The fraction of sp³-hybridized carbons (Fsp3) is 0.483. The van der Waals surface area contributed by atoms with Crippen LogP contribution >= 0.6 is 0 Å². The molecule has 0 saturated carbocycles. The average Bonchev–Trinajstić information content (AvgIpc) is 3.26. The van der Waals surface area contributed by atoms with Crippen molar-refractivity contribution >= 4 is 5.97 Å². The normalized spacial score (nSPS) is 13.5. The molecule has 0 aliphatic carbocycles. The third-order valence-corrected chi connectivity index (χ3v) is 6.73. The molecule has 37 heavy (non-hydrogen) atoms. The number of hydrogen-bond acceptors (Lipinski definition) is 6. The summed E-state index contributed by atoms with van der Waals surface area (Å²) in [4.78, 5) is 14.4. The van der Waals surface area contributed by atoms with E-state index in [9.17, 15) is 9.90 Å². The Balaban J connectivity index is 1.77. The lowest BCUT2D eigenvalue weighted by atomic mass is 9.81. The van der Waals surface area contributed by atoms with Gasteiger partial charge in [0.2, 0.25) is 0 Å². The second-order valence-corrected chi connectivity index (χ2v) is 10.4. The minimum atomic E-state index is -1.14. The fourth-order valence-corrected chi connectivity index (χ4v) is 4.31. The Bertz CT molecular complexity index is 1190. The number of rotatable bonds is 13. The van der Waals surface area contributed by atoms with Crippen molar-refractivity contribution in [3.63, 3.8) is 0 Å². The highest BCUT2D eigenvalue weighted by Crippen LogP contribution is 2.38. The first kappa shape index (κ1) is 28.3. The van der Waals surface area contributed by atoms with Gasteiger partial charge in [-0.1, -0.05) is 48.5 Å². The van der Waals surface area contributed by atoms with E-state index in [2.05, 4.69) is 55.2 Å². The van der Waals surface area contributed by atoms with Crippen LogP contribution in [0.15, 0.2) is 48.7 Å². The van der Waals surface area contributed by atoms with Crippen molar-refractivity contribution in [2.45, 2.75) is 66.4 Å². The lowest BCUT2D eigenvalue weighted by Crippen LogP contribution is -2.34. The van der Waals surface area contributed by atoms with Crippen LogP contribution in [-0.4, -0.2) is 50.7 Å². The van der Waals surface area contributed by atoms with E-state index in [4.69, 9.17) is 9.47 Å². The van der Waals surface area contributed by atoms with Crippen LogP contribution in [0.2, 0.25) is 0 Å². The second-order valence-electron chi connectivity index (χ2n) is 10.4. The van der Waals surface area contributed by atoms with E-state index in [-0.39, 0.29) is 12.7 Å². The van der Waals surface area contributed by atoms with E-state index < -0.39 is 17.5 Å². The monoisotopic (exact) mass is 508 g/mol. The van der Waals surface area contributed by atoms with Crippen molar-refractivity contribution in [1.29, 1.82) is 0 Å². The largest absolute Gasteiger partial charge is 0.489 e. The summed E-state index contributed by atoms with van der Waals surface area (Å²) in [6, 6.07) is 14.1. The number of aromatic nitrogens is 3. The number of likely N-dealkylation sites (N-methyl/N-ethyl adjacent to an activating group) is 1. The van der Waals surface area contributed by atoms with Gasteiger partial charge in [0.05, 0.1) is 24.3 Å². The molecule has 2 atom stereocenters. The Kier molecular flexibility index (Phi) is 9.45. The third-order valence-electron chi connectivity index (χ3n) is 6.73. The number of nitrogens with zero attached hydrogens (tertiary/aromatic N) is 4. The molecule has 0 amide bonds. The molecule has 200 valence electrons. The van der Waals surface area contributed by atoms with Crippen molar-refractivity contribution < 1.29 is 19.4 Å². The number of carbonyl (C=O) groups is 1. The van der Waals surface area contributed by atoms with Crippen LogP contribution in [0.1, 0.15) is 61.2 Å². The summed E-state index contributed by atoms with van der Waals surface area (Å²) >= 11 is 0. The number of carboxylic acid groups (broad SMARTS) is 1. The quantitative estimate of drug-likeness (QED) is 0.344. The van der Waals surface area contributed by atoms with Gasteiger partial charge in [0.25, 0.3) is 0 Å². The van der Waals surface area contributed by atoms with Gasteiger partial charge >= 0.3 is 5.97 Å². The van der Waals surface area contributed by atoms with Crippen LogP contribution in [0, 0.1) is 19.3 Å². The number of hydrogen-bond donors (Lipinski definition) is 1. The molecule has 0 bridgehead atoms. The maximum Gasteiger partial charge on any atom is 0.312 e. The minimum absolute atomic E-state index is 0.0589. The lowest BCUT2D eigenvalue weighted by molar-refractivity contribution is -0.158. The van der Waals surface area contributed by atoms with E-state index in [0.717, 1.165) is 41.0 Å². The van der Waals surface area contributed by atoms with E-state index in [1.165, 1.54) is 0 Å². The first-order valence-corrected chi connectivity index (χ1v) is 12.7. The summed E-state index contributed by atoms with van der Waals surface area (Å²) in [5.41, 5.74) is 3.73. The summed E-state index contributed by atoms with van der Waals surface area (Å²) in [5.74, 6) is -0.00467. The number of aryl methyl sites for hydroxylation is 3. The lowest BCUT2D eigenvalue weighted by Gasteiger charge is -2.31. The van der Waals surface area contributed by atoms with E-state index >= 15 is 0 Å². The summed E-state index contributed by atoms with van der Waals surface area (Å²) in [7, 11) is 3.87. The van der Waals surface area contributed by atoms with Crippen LogP contribution in [0.25, 0.3) is 0 Å². The molecule has 0 radical (unpaired) electrons.